The number of hydrogen-bond acceptors (Lipinski definition) is 2. The summed E-state index contributed by atoms with van der Waals surface area (Å²) >= 11 is 5.57. The molecule has 2 N–H and O–H groups in total. The van der Waals surface area contributed by atoms with Crippen molar-refractivity contribution in [1.82, 2.24) is 10.3 Å². The zero-order valence-electron chi connectivity index (χ0n) is 14.4. The average Bonchev–Trinajstić information content (AvgIpc) is 2.68. The molecule has 0 aliphatic carbocycles. The fourth-order valence-corrected chi connectivity index (χ4v) is 2.80. The number of nitrogens with zero attached hydrogens (tertiary/aromatic N) is 1. The van der Waals surface area contributed by atoms with Crippen LogP contribution in [0.2, 0.25) is 5.02 Å². The molecule has 3 rings (SSSR count). The van der Waals surface area contributed by atoms with Gasteiger partial charge in [0.2, 0.25) is 0 Å². The molecule has 2 amide bonds. The van der Waals surface area contributed by atoms with Gasteiger partial charge in [-0.2, -0.15) is 13.2 Å². The minimum absolute atomic E-state index is 0.00154. The van der Waals surface area contributed by atoms with E-state index in [1.54, 1.807) is 12.4 Å². The molecule has 1 aromatic heterocycles. The second kappa shape index (κ2) is 8.31. The monoisotopic (exact) mass is 405 g/mol. The molecule has 144 valence electrons. The van der Waals surface area contributed by atoms with Crippen LogP contribution in [0.15, 0.2) is 67.0 Å². The highest BCUT2D eigenvalue weighted by molar-refractivity contribution is 6.31. The van der Waals surface area contributed by atoms with Crippen LogP contribution in [0.1, 0.15) is 11.1 Å². The third-order valence-electron chi connectivity index (χ3n) is 3.90. The number of carbonyl (C=O) groups is 1. The molecule has 0 aliphatic rings. The number of aromatic nitrogens is 1. The summed E-state index contributed by atoms with van der Waals surface area (Å²) < 4.78 is 38.7. The number of rotatable bonds is 4. The van der Waals surface area contributed by atoms with E-state index >= 15 is 0 Å². The van der Waals surface area contributed by atoms with Gasteiger partial charge in [0.15, 0.2) is 0 Å². The van der Waals surface area contributed by atoms with E-state index in [9.17, 15) is 18.0 Å². The van der Waals surface area contributed by atoms with Gasteiger partial charge in [0.25, 0.3) is 0 Å². The summed E-state index contributed by atoms with van der Waals surface area (Å²) in [7, 11) is 0. The predicted octanol–water partition coefficient (Wildman–Crippen LogP) is 5.74. The number of alkyl halides is 3. The van der Waals surface area contributed by atoms with Gasteiger partial charge in [-0.05, 0) is 47.0 Å². The minimum Gasteiger partial charge on any atom is -0.334 e. The van der Waals surface area contributed by atoms with Gasteiger partial charge in [0.05, 0.1) is 10.6 Å². The predicted molar refractivity (Wildman–Crippen MR) is 102 cm³/mol. The van der Waals surface area contributed by atoms with Crippen molar-refractivity contribution in [2.45, 2.75) is 12.7 Å². The molecule has 28 heavy (non-hydrogen) atoms. The number of carbonyl (C=O) groups excluding carboxylic acids is 1. The van der Waals surface area contributed by atoms with Gasteiger partial charge in [-0.25, -0.2) is 4.79 Å². The maximum Gasteiger partial charge on any atom is 0.417 e. The van der Waals surface area contributed by atoms with Crippen LogP contribution in [0.3, 0.4) is 0 Å². The second-order valence-electron chi connectivity index (χ2n) is 5.94. The summed E-state index contributed by atoms with van der Waals surface area (Å²) in [6.45, 7) is 0.208. The van der Waals surface area contributed by atoms with Crippen molar-refractivity contribution in [1.29, 1.82) is 0 Å². The van der Waals surface area contributed by atoms with E-state index in [1.165, 1.54) is 6.07 Å². The molecule has 4 nitrogen and oxygen atoms in total. The molecule has 0 unspecified atom stereocenters. The van der Waals surface area contributed by atoms with E-state index in [1.807, 2.05) is 36.4 Å². The SMILES string of the molecule is O=C(NCc1cccc(-c2cccnc2)c1)Nc1ccc(Cl)c(C(F)(F)F)c1. The Morgan fingerprint density at radius 1 is 1.04 bits per heavy atom. The molecule has 0 saturated carbocycles. The summed E-state index contributed by atoms with van der Waals surface area (Å²) in [5.41, 5.74) is 1.72. The molecule has 0 radical (unpaired) electrons. The molecule has 0 aliphatic heterocycles. The number of amides is 2. The standard InChI is InChI=1S/C20H15ClF3N3O/c21-18-7-6-16(10-17(18)20(22,23)24)27-19(28)26-11-13-3-1-4-14(9-13)15-5-2-8-25-12-15/h1-10,12H,11H2,(H2,26,27,28). The quantitative estimate of drug-likeness (QED) is 0.581. The summed E-state index contributed by atoms with van der Waals surface area (Å²) in [5.74, 6) is 0. The number of benzene rings is 2. The van der Waals surface area contributed by atoms with E-state index in [-0.39, 0.29) is 12.2 Å². The zero-order valence-corrected chi connectivity index (χ0v) is 15.2. The number of halogens is 4. The van der Waals surface area contributed by atoms with Crippen LogP contribution >= 0.6 is 11.6 Å². The highest BCUT2D eigenvalue weighted by Gasteiger charge is 2.33. The highest BCUT2D eigenvalue weighted by Crippen LogP contribution is 2.36. The molecular weight excluding hydrogens is 391 g/mol. The Hall–Kier alpha value is -3.06. The first-order valence-corrected chi connectivity index (χ1v) is 8.61. The first kappa shape index (κ1) is 19.7. The molecule has 0 bridgehead atoms. The lowest BCUT2D eigenvalue weighted by atomic mass is 10.0. The van der Waals surface area contributed by atoms with Crippen LogP contribution < -0.4 is 10.6 Å². The molecule has 0 spiro atoms. The molecule has 1 heterocycles. The molecular formula is C20H15ClF3N3O. The zero-order chi connectivity index (χ0) is 20.1. The van der Waals surface area contributed by atoms with Crippen LogP contribution in [-0.4, -0.2) is 11.0 Å². The number of pyridine rings is 1. The summed E-state index contributed by atoms with van der Waals surface area (Å²) in [6.07, 6.45) is -1.18. The van der Waals surface area contributed by atoms with Crippen molar-refractivity contribution in [3.63, 3.8) is 0 Å². The maximum atomic E-state index is 12.9. The van der Waals surface area contributed by atoms with Gasteiger partial charge >= 0.3 is 12.2 Å². The minimum atomic E-state index is -4.60. The summed E-state index contributed by atoms with van der Waals surface area (Å²) in [4.78, 5) is 16.1. The number of anilines is 1. The summed E-state index contributed by atoms with van der Waals surface area (Å²) in [6, 6.07) is 13.8. The maximum absolute atomic E-state index is 12.9. The molecule has 3 aromatic rings. The third kappa shape index (κ3) is 5.01. The Balaban J connectivity index is 1.64. The normalized spacial score (nSPS) is 11.1. The lowest BCUT2D eigenvalue weighted by Crippen LogP contribution is -2.28. The molecule has 2 aromatic carbocycles. The fraction of sp³-hybridized carbons (Fsp3) is 0.100. The number of nitrogens with one attached hydrogen (secondary N) is 2. The van der Waals surface area contributed by atoms with Gasteiger partial charge in [-0.3, -0.25) is 4.98 Å². The van der Waals surface area contributed by atoms with Gasteiger partial charge in [0, 0.05) is 24.6 Å². The first-order valence-electron chi connectivity index (χ1n) is 8.24. The van der Waals surface area contributed by atoms with Crippen molar-refractivity contribution in [2.75, 3.05) is 5.32 Å². The molecule has 0 atom stereocenters. The van der Waals surface area contributed by atoms with Gasteiger partial charge < -0.3 is 10.6 Å². The first-order chi connectivity index (χ1) is 13.3. The van der Waals surface area contributed by atoms with Crippen molar-refractivity contribution < 1.29 is 18.0 Å². The van der Waals surface area contributed by atoms with Crippen LogP contribution in [0.5, 0.6) is 0 Å². The van der Waals surface area contributed by atoms with E-state index in [2.05, 4.69) is 15.6 Å². The van der Waals surface area contributed by atoms with Gasteiger partial charge in [0.1, 0.15) is 0 Å². The van der Waals surface area contributed by atoms with Crippen LogP contribution in [0.25, 0.3) is 11.1 Å². The van der Waals surface area contributed by atoms with Crippen molar-refractivity contribution in [3.05, 3.63) is 83.1 Å². The van der Waals surface area contributed by atoms with Gasteiger partial charge in [-0.1, -0.05) is 35.9 Å². The number of urea groups is 1. The fourth-order valence-electron chi connectivity index (χ4n) is 2.57. The molecule has 0 fully saturated rings. The smallest absolute Gasteiger partial charge is 0.334 e. The van der Waals surface area contributed by atoms with Crippen LogP contribution in [-0.2, 0) is 12.7 Å². The van der Waals surface area contributed by atoms with Crippen molar-refractivity contribution in [3.8, 4) is 11.1 Å². The largest absolute Gasteiger partial charge is 0.417 e. The van der Waals surface area contributed by atoms with E-state index in [4.69, 9.17) is 11.6 Å². The lowest BCUT2D eigenvalue weighted by Gasteiger charge is -2.12. The highest BCUT2D eigenvalue weighted by atomic mass is 35.5. The Bertz CT molecular complexity index is 978. The second-order valence-corrected chi connectivity index (χ2v) is 6.35. The van der Waals surface area contributed by atoms with Crippen LogP contribution in [0.4, 0.5) is 23.7 Å². The van der Waals surface area contributed by atoms with Crippen LogP contribution in [0, 0.1) is 0 Å². The summed E-state index contributed by atoms with van der Waals surface area (Å²) in [5, 5.41) is 4.57. The number of hydrogen-bond donors (Lipinski definition) is 2. The Morgan fingerprint density at radius 3 is 2.54 bits per heavy atom. The van der Waals surface area contributed by atoms with E-state index in [0.29, 0.717) is 0 Å². The van der Waals surface area contributed by atoms with Gasteiger partial charge in [-0.15, -0.1) is 0 Å². The lowest BCUT2D eigenvalue weighted by molar-refractivity contribution is -0.137. The van der Waals surface area contributed by atoms with E-state index in [0.717, 1.165) is 28.8 Å². The topological polar surface area (TPSA) is 54.0 Å². The third-order valence-corrected chi connectivity index (χ3v) is 4.23. The Labute approximate surface area is 164 Å². The Morgan fingerprint density at radius 2 is 1.82 bits per heavy atom. The average molecular weight is 406 g/mol. The van der Waals surface area contributed by atoms with Crippen molar-refractivity contribution in [2.24, 2.45) is 0 Å². The molecule has 8 heteroatoms. The Kier molecular flexibility index (Phi) is 5.84. The van der Waals surface area contributed by atoms with Crippen molar-refractivity contribution >= 4 is 23.3 Å². The van der Waals surface area contributed by atoms with E-state index < -0.39 is 22.8 Å². The molecule has 0 saturated heterocycles.